The van der Waals surface area contributed by atoms with Crippen molar-refractivity contribution in [1.29, 1.82) is 0 Å². The number of hydrogen-bond donors (Lipinski definition) is 1. The van der Waals surface area contributed by atoms with E-state index in [1.165, 1.54) is 12.1 Å². The van der Waals surface area contributed by atoms with E-state index in [1.54, 1.807) is 0 Å². The second-order valence-corrected chi connectivity index (χ2v) is 9.01. The van der Waals surface area contributed by atoms with E-state index in [0.717, 1.165) is 45.3 Å². The minimum Gasteiger partial charge on any atom is -0.489 e. The van der Waals surface area contributed by atoms with Gasteiger partial charge in [0, 0.05) is 18.7 Å². The Bertz CT molecular complexity index is 1400. The molecule has 1 atom stereocenters. The van der Waals surface area contributed by atoms with Crippen molar-refractivity contribution in [3.8, 4) is 5.75 Å². The lowest BCUT2D eigenvalue weighted by molar-refractivity contribution is -0.138. The molecule has 0 unspecified atom stereocenters. The Morgan fingerprint density at radius 1 is 1.03 bits per heavy atom. The van der Waals surface area contributed by atoms with Gasteiger partial charge in [-0.05, 0) is 71.8 Å². The summed E-state index contributed by atoms with van der Waals surface area (Å²) < 4.78 is 46.7. The van der Waals surface area contributed by atoms with Gasteiger partial charge in [-0.25, -0.2) is 0 Å². The van der Waals surface area contributed by atoms with E-state index in [9.17, 15) is 18.0 Å². The molecule has 0 spiro atoms. The second-order valence-electron chi connectivity index (χ2n) is 9.01. The summed E-state index contributed by atoms with van der Waals surface area (Å²) in [6.45, 7) is 4.68. The number of aryl methyl sites for hydroxylation is 1. The number of carbonyl (C=O) groups is 1. The molecule has 4 rings (SSSR count). The fraction of sp³-hybridized carbons (Fsp3) is 0.233. The van der Waals surface area contributed by atoms with Crippen LogP contribution in [0.5, 0.6) is 5.75 Å². The highest BCUT2D eigenvalue weighted by Crippen LogP contribution is 2.30. The molecule has 0 aliphatic carbocycles. The first-order valence-corrected chi connectivity index (χ1v) is 12.0. The number of ether oxygens (including phenoxy) is 1. The third-order valence-electron chi connectivity index (χ3n) is 6.45. The highest BCUT2D eigenvalue weighted by atomic mass is 19.4. The van der Waals surface area contributed by atoms with Crippen LogP contribution in [-0.4, -0.2) is 15.6 Å². The van der Waals surface area contributed by atoms with Crippen LogP contribution in [0, 0.1) is 6.92 Å². The van der Waals surface area contributed by atoms with Crippen molar-refractivity contribution in [2.75, 3.05) is 0 Å². The molecule has 0 saturated carbocycles. The van der Waals surface area contributed by atoms with Gasteiger partial charge >= 0.3 is 12.1 Å². The molecule has 0 bridgehead atoms. The number of carboxylic acid groups (broad SMARTS) is 1. The maximum absolute atomic E-state index is 12.9. The number of halogens is 3. The van der Waals surface area contributed by atoms with Crippen LogP contribution in [0.2, 0.25) is 0 Å². The van der Waals surface area contributed by atoms with Crippen molar-refractivity contribution in [2.24, 2.45) is 0 Å². The van der Waals surface area contributed by atoms with E-state index in [1.807, 2.05) is 79.2 Å². The Balaban J connectivity index is 1.49. The minimum absolute atomic E-state index is 0.0237. The van der Waals surface area contributed by atoms with Crippen LogP contribution in [0.25, 0.3) is 10.9 Å². The number of carboxylic acids is 1. The van der Waals surface area contributed by atoms with Gasteiger partial charge in [-0.2, -0.15) is 13.2 Å². The number of aliphatic carboxylic acids is 1. The number of allylic oxidation sites excluding steroid dienone is 2. The maximum atomic E-state index is 12.9. The Morgan fingerprint density at radius 2 is 1.73 bits per heavy atom. The Labute approximate surface area is 213 Å². The third kappa shape index (κ3) is 6.23. The van der Waals surface area contributed by atoms with Crippen LogP contribution < -0.4 is 4.74 Å². The molecular formula is C30H28F3NO3. The van der Waals surface area contributed by atoms with Gasteiger partial charge in [-0.3, -0.25) is 4.79 Å². The summed E-state index contributed by atoms with van der Waals surface area (Å²) in [5, 5.41) is 10.2. The van der Waals surface area contributed by atoms with Gasteiger partial charge in [0.05, 0.1) is 17.5 Å². The lowest BCUT2D eigenvalue weighted by atomic mass is 9.95. The lowest BCUT2D eigenvalue weighted by Gasteiger charge is -2.14. The first-order valence-electron chi connectivity index (χ1n) is 12.0. The molecule has 4 aromatic rings. The van der Waals surface area contributed by atoms with Crippen LogP contribution in [0.3, 0.4) is 0 Å². The van der Waals surface area contributed by atoms with Gasteiger partial charge in [0.25, 0.3) is 0 Å². The summed E-state index contributed by atoms with van der Waals surface area (Å²) in [5.74, 6) is -0.367. The largest absolute Gasteiger partial charge is 0.489 e. The van der Waals surface area contributed by atoms with Gasteiger partial charge in [0.15, 0.2) is 0 Å². The normalized spacial score (nSPS) is 12.8. The van der Waals surface area contributed by atoms with E-state index in [0.29, 0.717) is 18.9 Å². The monoisotopic (exact) mass is 507 g/mol. The van der Waals surface area contributed by atoms with E-state index in [2.05, 4.69) is 0 Å². The Morgan fingerprint density at radius 3 is 2.35 bits per heavy atom. The van der Waals surface area contributed by atoms with Gasteiger partial charge < -0.3 is 14.4 Å². The highest BCUT2D eigenvalue weighted by molar-refractivity contribution is 5.84. The SMILES string of the molecule is CC=C[C@H](CC(=O)O)c1ccc(OCc2ccc3ccn(Cc4ccc(C(F)(F)F)cc4)c3c2C)cc1. The minimum atomic E-state index is -4.35. The standard InChI is InChI=1S/C30H28F3NO3/c1-3-4-24(17-28(35)36)22-9-13-27(14-10-22)37-19-25-8-7-23-15-16-34(29(23)20(25)2)18-21-5-11-26(12-6-21)30(31,32)33/h3-16,24H,17-19H2,1-2H3,(H,35,36)/t24-/m1/s1. The first kappa shape index (κ1) is 26.1. The van der Waals surface area contributed by atoms with E-state index in [4.69, 9.17) is 9.84 Å². The molecule has 0 radical (unpaired) electrons. The molecule has 0 saturated heterocycles. The maximum Gasteiger partial charge on any atom is 0.416 e. The summed E-state index contributed by atoms with van der Waals surface area (Å²) in [5.41, 5.74) is 4.09. The number of aromatic nitrogens is 1. The molecule has 0 amide bonds. The fourth-order valence-corrected chi connectivity index (χ4v) is 4.50. The molecule has 0 fully saturated rings. The molecule has 1 aromatic heterocycles. The van der Waals surface area contributed by atoms with Crippen LogP contribution in [-0.2, 0) is 24.1 Å². The van der Waals surface area contributed by atoms with Gasteiger partial charge in [-0.1, -0.05) is 48.6 Å². The zero-order chi connectivity index (χ0) is 26.6. The summed E-state index contributed by atoms with van der Waals surface area (Å²) in [4.78, 5) is 11.2. The Hall–Kier alpha value is -4.00. The van der Waals surface area contributed by atoms with Crippen molar-refractivity contribution in [3.63, 3.8) is 0 Å². The van der Waals surface area contributed by atoms with Gasteiger partial charge in [-0.15, -0.1) is 0 Å². The molecule has 7 heteroatoms. The quantitative estimate of drug-likeness (QED) is 0.236. The van der Waals surface area contributed by atoms with Crippen LogP contribution in [0.15, 0.2) is 85.1 Å². The van der Waals surface area contributed by atoms with Crippen molar-refractivity contribution in [3.05, 3.63) is 113 Å². The summed E-state index contributed by atoms with van der Waals surface area (Å²) >= 11 is 0. The smallest absolute Gasteiger partial charge is 0.416 e. The molecule has 0 aliphatic rings. The average Bonchev–Trinajstić information content (AvgIpc) is 3.26. The fourth-order valence-electron chi connectivity index (χ4n) is 4.50. The predicted octanol–water partition coefficient (Wildman–Crippen LogP) is 7.73. The second kappa shape index (κ2) is 10.9. The molecular weight excluding hydrogens is 479 g/mol. The van der Waals surface area contributed by atoms with Crippen molar-refractivity contribution >= 4 is 16.9 Å². The molecule has 4 nitrogen and oxygen atoms in total. The first-order chi connectivity index (χ1) is 17.7. The van der Waals surface area contributed by atoms with Crippen LogP contribution >= 0.6 is 0 Å². The number of benzene rings is 3. The number of nitrogens with zero attached hydrogens (tertiary/aromatic N) is 1. The molecule has 1 heterocycles. The number of alkyl halides is 3. The van der Waals surface area contributed by atoms with E-state index in [-0.39, 0.29) is 12.3 Å². The van der Waals surface area contributed by atoms with Crippen LogP contribution in [0.4, 0.5) is 13.2 Å². The molecule has 1 N–H and O–H groups in total. The highest BCUT2D eigenvalue weighted by Gasteiger charge is 2.29. The van der Waals surface area contributed by atoms with E-state index >= 15 is 0 Å². The number of rotatable bonds is 9. The van der Waals surface area contributed by atoms with Gasteiger partial charge in [0.1, 0.15) is 12.4 Å². The molecule has 192 valence electrons. The number of hydrogen-bond acceptors (Lipinski definition) is 2. The summed E-state index contributed by atoms with van der Waals surface area (Å²) in [6.07, 6.45) is 1.34. The molecule has 37 heavy (non-hydrogen) atoms. The summed E-state index contributed by atoms with van der Waals surface area (Å²) in [6, 6.07) is 18.7. The molecule has 0 aliphatic heterocycles. The zero-order valence-corrected chi connectivity index (χ0v) is 20.6. The van der Waals surface area contributed by atoms with Crippen molar-refractivity contribution < 1.29 is 27.8 Å². The average molecular weight is 508 g/mol. The topological polar surface area (TPSA) is 51.5 Å². The third-order valence-corrected chi connectivity index (χ3v) is 6.45. The van der Waals surface area contributed by atoms with E-state index < -0.39 is 17.7 Å². The van der Waals surface area contributed by atoms with Crippen molar-refractivity contribution in [1.82, 2.24) is 4.57 Å². The zero-order valence-electron chi connectivity index (χ0n) is 20.6. The lowest BCUT2D eigenvalue weighted by Crippen LogP contribution is -2.06. The Kier molecular flexibility index (Phi) is 7.71. The molecule has 3 aromatic carbocycles. The number of fused-ring (bicyclic) bond motifs is 1. The van der Waals surface area contributed by atoms with Crippen LogP contribution in [0.1, 0.15) is 47.1 Å². The van der Waals surface area contributed by atoms with Gasteiger partial charge in [0.2, 0.25) is 0 Å². The summed E-state index contributed by atoms with van der Waals surface area (Å²) in [7, 11) is 0. The predicted molar refractivity (Wildman–Crippen MR) is 138 cm³/mol. The van der Waals surface area contributed by atoms with Crippen molar-refractivity contribution in [2.45, 2.75) is 45.5 Å².